The molecule has 1 aliphatic rings. The maximum absolute atomic E-state index is 12.5. The Labute approximate surface area is 144 Å². The van der Waals surface area contributed by atoms with Crippen molar-refractivity contribution in [3.05, 3.63) is 42.0 Å². The second-order valence-electron chi connectivity index (χ2n) is 6.06. The summed E-state index contributed by atoms with van der Waals surface area (Å²) in [4.78, 5) is 25.6. The van der Waals surface area contributed by atoms with E-state index in [4.69, 9.17) is 4.98 Å². The average Bonchev–Trinajstić information content (AvgIpc) is 3.21. The SMILES string of the molecule is Cc1cccc2sc(N3CCN(C(=O)c4nccn4C)CC3)nc12. The Balaban J connectivity index is 1.48. The fraction of sp³-hybridized carbons (Fsp3) is 0.353. The van der Waals surface area contributed by atoms with Crippen LogP contribution < -0.4 is 4.90 Å². The highest BCUT2D eigenvalue weighted by Gasteiger charge is 2.25. The molecule has 0 N–H and O–H groups in total. The van der Waals surface area contributed by atoms with Crippen LogP contribution >= 0.6 is 11.3 Å². The first kappa shape index (κ1) is 15.1. The number of carbonyl (C=O) groups is 1. The van der Waals surface area contributed by atoms with Gasteiger partial charge >= 0.3 is 0 Å². The number of para-hydroxylation sites is 1. The maximum atomic E-state index is 12.5. The standard InChI is InChI=1S/C17H19N5OS/c1-12-4-3-5-13-14(12)19-17(24-13)22-10-8-21(9-11-22)16(23)15-18-6-7-20(15)2/h3-7H,8-11H2,1-2H3. The summed E-state index contributed by atoms with van der Waals surface area (Å²) in [5.74, 6) is 0.501. The molecule has 0 radical (unpaired) electrons. The fourth-order valence-corrected chi connectivity index (χ4v) is 4.12. The van der Waals surface area contributed by atoms with Gasteiger partial charge < -0.3 is 14.4 Å². The van der Waals surface area contributed by atoms with E-state index in [2.05, 4.69) is 35.0 Å². The Hall–Kier alpha value is -2.41. The fourth-order valence-electron chi connectivity index (χ4n) is 3.02. The van der Waals surface area contributed by atoms with Crippen molar-refractivity contribution in [1.82, 2.24) is 19.4 Å². The molecule has 0 unspecified atom stereocenters. The lowest BCUT2D eigenvalue weighted by molar-refractivity contribution is 0.0731. The van der Waals surface area contributed by atoms with Crippen LogP contribution in [0, 0.1) is 6.92 Å². The van der Waals surface area contributed by atoms with Gasteiger partial charge in [-0.3, -0.25) is 4.79 Å². The molecule has 1 aliphatic heterocycles. The van der Waals surface area contributed by atoms with Crippen LogP contribution in [-0.2, 0) is 7.05 Å². The lowest BCUT2D eigenvalue weighted by Crippen LogP contribution is -2.49. The molecule has 0 aliphatic carbocycles. The van der Waals surface area contributed by atoms with Crippen LogP contribution in [0.4, 0.5) is 5.13 Å². The van der Waals surface area contributed by atoms with Gasteiger partial charge in [0.1, 0.15) is 0 Å². The second-order valence-corrected chi connectivity index (χ2v) is 7.07. The number of rotatable bonds is 2. The molecule has 124 valence electrons. The van der Waals surface area contributed by atoms with Gasteiger partial charge in [-0.1, -0.05) is 23.5 Å². The predicted octanol–water partition coefficient (Wildman–Crippen LogP) is 2.30. The quantitative estimate of drug-likeness (QED) is 0.718. The van der Waals surface area contributed by atoms with E-state index in [1.165, 1.54) is 10.3 Å². The third kappa shape index (κ3) is 2.54. The van der Waals surface area contributed by atoms with Crippen molar-refractivity contribution in [1.29, 1.82) is 0 Å². The predicted molar refractivity (Wildman–Crippen MR) is 95.7 cm³/mol. The largest absolute Gasteiger partial charge is 0.345 e. The summed E-state index contributed by atoms with van der Waals surface area (Å²) in [5, 5.41) is 1.04. The van der Waals surface area contributed by atoms with Crippen LogP contribution in [0.15, 0.2) is 30.6 Å². The monoisotopic (exact) mass is 341 g/mol. The number of aryl methyl sites for hydroxylation is 2. The molecule has 0 atom stereocenters. The first-order valence-corrected chi connectivity index (χ1v) is 8.83. The minimum Gasteiger partial charge on any atom is -0.345 e. The van der Waals surface area contributed by atoms with Gasteiger partial charge in [-0.25, -0.2) is 9.97 Å². The number of benzene rings is 1. The van der Waals surface area contributed by atoms with Crippen LogP contribution in [0.2, 0.25) is 0 Å². The number of thiazole rings is 1. The molecular weight excluding hydrogens is 322 g/mol. The first-order valence-electron chi connectivity index (χ1n) is 8.01. The summed E-state index contributed by atoms with van der Waals surface area (Å²) >= 11 is 1.72. The molecule has 3 aromatic rings. The highest BCUT2D eigenvalue weighted by molar-refractivity contribution is 7.22. The number of hydrogen-bond donors (Lipinski definition) is 0. The minimum absolute atomic E-state index is 0.00212. The van der Waals surface area contributed by atoms with E-state index in [1.807, 2.05) is 11.9 Å². The summed E-state index contributed by atoms with van der Waals surface area (Å²) < 4.78 is 2.99. The van der Waals surface area contributed by atoms with Crippen LogP contribution in [0.25, 0.3) is 10.2 Å². The van der Waals surface area contributed by atoms with Gasteiger partial charge in [0.2, 0.25) is 0 Å². The number of nitrogens with zero attached hydrogens (tertiary/aromatic N) is 5. The Kier molecular flexibility index (Phi) is 3.72. The lowest BCUT2D eigenvalue weighted by atomic mass is 10.2. The number of amides is 1. The summed E-state index contributed by atoms with van der Waals surface area (Å²) in [6.07, 6.45) is 3.46. The van der Waals surface area contributed by atoms with E-state index >= 15 is 0 Å². The number of anilines is 1. The number of hydrogen-bond acceptors (Lipinski definition) is 5. The third-order valence-electron chi connectivity index (χ3n) is 4.46. The summed E-state index contributed by atoms with van der Waals surface area (Å²) in [7, 11) is 1.85. The van der Waals surface area contributed by atoms with Crippen molar-refractivity contribution in [2.24, 2.45) is 7.05 Å². The summed E-state index contributed by atoms with van der Waals surface area (Å²) in [6, 6.07) is 6.28. The molecule has 7 heteroatoms. The van der Waals surface area contributed by atoms with Gasteiger partial charge in [-0.2, -0.15) is 0 Å². The molecule has 1 fully saturated rings. The van der Waals surface area contributed by atoms with Crippen LogP contribution in [-0.4, -0.2) is 51.5 Å². The van der Waals surface area contributed by atoms with E-state index in [0.29, 0.717) is 18.9 Å². The van der Waals surface area contributed by atoms with Crippen molar-refractivity contribution in [3.63, 3.8) is 0 Å². The van der Waals surface area contributed by atoms with Gasteiger partial charge in [0, 0.05) is 45.6 Å². The molecule has 1 aromatic carbocycles. The van der Waals surface area contributed by atoms with Crippen molar-refractivity contribution >= 4 is 32.6 Å². The Morgan fingerprint density at radius 2 is 2.00 bits per heavy atom. The number of carbonyl (C=O) groups excluding carboxylic acids is 1. The Morgan fingerprint density at radius 3 is 2.67 bits per heavy atom. The van der Waals surface area contributed by atoms with Crippen LogP contribution in [0.3, 0.4) is 0 Å². The van der Waals surface area contributed by atoms with Crippen molar-refractivity contribution in [2.45, 2.75) is 6.92 Å². The minimum atomic E-state index is 0.00212. The molecule has 2 aromatic heterocycles. The van der Waals surface area contributed by atoms with E-state index in [-0.39, 0.29) is 5.91 Å². The topological polar surface area (TPSA) is 54.3 Å². The molecule has 1 amide bonds. The highest BCUT2D eigenvalue weighted by Crippen LogP contribution is 2.31. The molecular formula is C17H19N5OS. The molecule has 0 saturated carbocycles. The Morgan fingerprint density at radius 1 is 1.21 bits per heavy atom. The number of piperazine rings is 1. The second kappa shape index (κ2) is 5.90. The molecule has 0 spiro atoms. The highest BCUT2D eigenvalue weighted by atomic mass is 32.1. The zero-order valence-electron chi connectivity index (χ0n) is 13.8. The number of aromatic nitrogens is 3. The normalized spacial score (nSPS) is 15.2. The zero-order valence-corrected chi connectivity index (χ0v) is 14.6. The third-order valence-corrected chi connectivity index (χ3v) is 5.54. The van der Waals surface area contributed by atoms with Gasteiger partial charge in [0.25, 0.3) is 5.91 Å². The first-order chi connectivity index (χ1) is 11.6. The van der Waals surface area contributed by atoms with E-state index in [0.717, 1.165) is 23.7 Å². The van der Waals surface area contributed by atoms with Gasteiger partial charge in [0.05, 0.1) is 10.2 Å². The molecule has 24 heavy (non-hydrogen) atoms. The van der Waals surface area contributed by atoms with E-state index in [1.54, 1.807) is 28.3 Å². The summed E-state index contributed by atoms with van der Waals surface area (Å²) in [6.45, 7) is 5.08. The van der Waals surface area contributed by atoms with Gasteiger partial charge in [-0.15, -0.1) is 0 Å². The van der Waals surface area contributed by atoms with E-state index < -0.39 is 0 Å². The lowest BCUT2D eigenvalue weighted by Gasteiger charge is -2.34. The van der Waals surface area contributed by atoms with Crippen LogP contribution in [0.1, 0.15) is 16.2 Å². The molecule has 3 heterocycles. The van der Waals surface area contributed by atoms with Gasteiger partial charge in [-0.05, 0) is 18.6 Å². The van der Waals surface area contributed by atoms with Crippen molar-refractivity contribution in [3.8, 4) is 0 Å². The van der Waals surface area contributed by atoms with Crippen molar-refractivity contribution in [2.75, 3.05) is 31.1 Å². The smallest absolute Gasteiger partial charge is 0.289 e. The average molecular weight is 341 g/mol. The van der Waals surface area contributed by atoms with Crippen molar-refractivity contribution < 1.29 is 4.79 Å². The molecule has 1 saturated heterocycles. The number of imidazole rings is 1. The van der Waals surface area contributed by atoms with Crippen LogP contribution in [0.5, 0.6) is 0 Å². The summed E-state index contributed by atoms with van der Waals surface area (Å²) in [5.41, 5.74) is 2.29. The zero-order chi connectivity index (χ0) is 16.7. The Bertz CT molecular complexity index is 891. The molecule has 4 rings (SSSR count). The maximum Gasteiger partial charge on any atom is 0.289 e. The molecule has 6 nitrogen and oxygen atoms in total. The van der Waals surface area contributed by atoms with Gasteiger partial charge in [0.15, 0.2) is 11.0 Å². The number of fused-ring (bicyclic) bond motifs is 1. The van der Waals surface area contributed by atoms with E-state index in [9.17, 15) is 4.79 Å². The molecule has 0 bridgehead atoms.